The van der Waals surface area contributed by atoms with E-state index in [4.69, 9.17) is 0 Å². The van der Waals surface area contributed by atoms with Gasteiger partial charge in [0.05, 0.1) is 23.2 Å². The molecule has 3 heterocycles. The first-order valence-electron chi connectivity index (χ1n) is 9.75. The fourth-order valence-corrected chi connectivity index (χ4v) is 7.19. The Balaban J connectivity index is 1.62. The van der Waals surface area contributed by atoms with Crippen LogP contribution < -0.4 is 5.56 Å². The van der Waals surface area contributed by atoms with Gasteiger partial charge in [0.25, 0.3) is 5.56 Å². The Bertz CT molecular complexity index is 1080. The van der Waals surface area contributed by atoms with Crippen LogP contribution in [-0.2, 0) is 34.0 Å². The second-order valence-electron chi connectivity index (χ2n) is 8.21. The molecule has 0 unspecified atom stereocenters. The van der Waals surface area contributed by atoms with Crippen LogP contribution in [0, 0.1) is 5.92 Å². The molecule has 2 aromatic heterocycles. The maximum absolute atomic E-state index is 13.1. The summed E-state index contributed by atoms with van der Waals surface area (Å²) in [4.78, 5) is 34.1. The van der Waals surface area contributed by atoms with Crippen molar-refractivity contribution >= 4 is 37.3 Å². The minimum Gasteiger partial charge on any atom is -0.337 e. The summed E-state index contributed by atoms with van der Waals surface area (Å²) < 4.78 is 25.2. The predicted molar refractivity (Wildman–Crippen MR) is 110 cm³/mol. The van der Waals surface area contributed by atoms with E-state index in [0.717, 1.165) is 29.7 Å². The van der Waals surface area contributed by atoms with E-state index in [1.165, 1.54) is 15.8 Å². The van der Waals surface area contributed by atoms with Crippen molar-refractivity contribution in [3.63, 3.8) is 0 Å². The fourth-order valence-electron chi connectivity index (χ4n) is 4.24. The minimum atomic E-state index is -3.09. The lowest BCUT2D eigenvalue weighted by molar-refractivity contribution is -0.134. The van der Waals surface area contributed by atoms with Crippen LogP contribution in [0.4, 0.5) is 0 Å². The summed E-state index contributed by atoms with van der Waals surface area (Å²) in [6.07, 6.45) is 4.86. The largest absolute Gasteiger partial charge is 0.337 e. The lowest BCUT2D eigenvalue weighted by Gasteiger charge is -2.30. The number of carbonyl (C=O) groups is 1. The molecule has 4 rings (SSSR count). The number of hydrogen-bond donors (Lipinski definition) is 0. The van der Waals surface area contributed by atoms with Gasteiger partial charge in [0, 0.05) is 17.5 Å². The maximum atomic E-state index is 13.1. The van der Waals surface area contributed by atoms with Gasteiger partial charge in [-0.3, -0.25) is 14.2 Å². The average Bonchev–Trinajstić information content (AvgIpc) is 3.28. The molecule has 2 aliphatic rings. The lowest BCUT2D eigenvalue weighted by Crippen LogP contribution is -2.45. The number of aryl methyl sites for hydroxylation is 2. The van der Waals surface area contributed by atoms with Gasteiger partial charge in [-0.05, 0) is 37.2 Å². The molecule has 28 heavy (non-hydrogen) atoms. The van der Waals surface area contributed by atoms with Gasteiger partial charge in [0.15, 0.2) is 9.84 Å². The Hall–Kier alpha value is -1.74. The molecule has 0 spiro atoms. The van der Waals surface area contributed by atoms with Gasteiger partial charge in [-0.25, -0.2) is 13.4 Å². The van der Waals surface area contributed by atoms with Crippen LogP contribution in [0.15, 0.2) is 11.1 Å². The first-order chi connectivity index (χ1) is 13.2. The monoisotopic (exact) mass is 423 g/mol. The maximum Gasteiger partial charge on any atom is 0.262 e. The van der Waals surface area contributed by atoms with Crippen molar-refractivity contribution in [1.82, 2.24) is 14.5 Å². The molecule has 0 aromatic carbocycles. The standard InChI is InChI=1S/C19H25N3O4S2/c1-12(2)8-22(13-6-7-28(25,26)10-13)16(23)9-21-11-20-18-17(19(21)24)14-4-3-5-15(14)27-18/h11-13H,3-10H2,1-2H3/t13-/m0/s1. The normalized spacial score (nSPS) is 20.8. The number of amides is 1. The zero-order chi connectivity index (χ0) is 20.1. The molecular weight excluding hydrogens is 398 g/mol. The van der Waals surface area contributed by atoms with E-state index < -0.39 is 9.84 Å². The molecule has 152 valence electrons. The SMILES string of the molecule is CC(C)CN(C(=O)Cn1cnc2sc3c(c2c1=O)CCC3)[C@H]1CCS(=O)(=O)C1. The highest BCUT2D eigenvalue weighted by Gasteiger charge is 2.35. The number of fused-ring (bicyclic) bond motifs is 3. The van der Waals surface area contributed by atoms with Gasteiger partial charge in [-0.1, -0.05) is 13.8 Å². The smallest absolute Gasteiger partial charge is 0.262 e. The van der Waals surface area contributed by atoms with Crippen molar-refractivity contribution < 1.29 is 13.2 Å². The summed E-state index contributed by atoms with van der Waals surface area (Å²) in [6.45, 7) is 4.38. The van der Waals surface area contributed by atoms with Gasteiger partial charge in [-0.15, -0.1) is 11.3 Å². The highest BCUT2D eigenvalue weighted by Crippen LogP contribution is 2.34. The molecule has 1 saturated heterocycles. The molecule has 0 bridgehead atoms. The van der Waals surface area contributed by atoms with Crippen molar-refractivity contribution in [2.24, 2.45) is 5.92 Å². The van der Waals surface area contributed by atoms with E-state index in [9.17, 15) is 18.0 Å². The third kappa shape index (κ3) is 3.61. The third-order valence-electron chi connectivity index (χ3n) is 5.53. The number of nitrogens with zero attached hydrogens (tertiary/aromatic N) is 3. The van der Waals surface area contributed by atoms with Crippen LogP contribution in [-0.4, -0.2) is 52.9 Å². The van der Waals surface area contributed by atoms with E-state index >= 15 is 0 Å². The molecular formula is C19H25N3O4S2. The first-order valence-corrected chi connectivity index (χ1v) is 12.4. The minimum absolute atomic E-state index is 0.00961. The number of rotatable bonds is 5. The summed E-state index contributed by atoms with van der Waals surface area (Å²) in [5.74, 6) is 0.125. The molecule has 0 N–H and O–H groups in total. The highest BCUT2D eigenvalue weighted by molar-refractivity contribution is 7.91. The number of thiophene rings is 1. The molecule has 7 nitrogen and oxygen atoms in total. The lowest BCUT2D eigenvalue weighted by atomic mass is 10.1. The Morgan fingerprint density at radius 3 is 2.86 bits per heavy atom. The van der Waals surface area contributed by atoms with E-state index in [2.05, 4.69) is 4.98 Å². The Labute approximate surface area is 168 Å². The van der Waals surface area contributed by atoms with Gasteiger partial charge < -0.3 is 4.90 Å². The fraction of sp³-hybridized carbons (Fsp3) is 0.632. The molecule has 0 saturated carbocycles. The van der Waals surface area contributed by atoms with Crippen molar-refractivity contribution in [2.45, 2.75) is 52.1 Å². The Kier molecular flexibility index (Phi) is 5.07. The molecule has 1 aliphatic heterocycles. The van der Waals surface area contributed by atoms with Crippen molar-refractivity contribution in [3.05, 3.63) is 27.1 Å². The quantitative estimate of drug-likeness (QED) is 0.729. The Morgan fingerprint density at radius 2 is 2.18 bits per heavy atom. The second kappa shape index (κ2) is 7.26. The van der Waals surface area contributed by atoms with Crippen LogP contribution in [0.25, 0.3) is 10.2 Å². The molecule has 1 aliphatic carbocycles. The summed E-state index contributed by atoms with van der Waals surface area (Å²) in [7, 11) is -3.09. The van der Waals surface area contributed by atoms with Crippen molar-refractivity contribution in [1.29, 1.82) is 0 Å². The van der Waals surface area contributed by atoms with Crippen molar-refractivity contribution in [2.75, 3.05) is 18.1 Å². The van der Waals surface area contributed by atoms with Crippen LogP contribution in [0.5, 0.6) is 0 Å². The number of hydrogen-bond acceptors (Lipinski definition) is 6. The van der Waals surface area contributed by atoms with E-state index in [0.29, 0.717) is 18.4 Å². The predicted octanol–water partition coefficient (Wildman–Crippen LogP) is 1.62. The summed E-state index contributed by atoms with van der Waals surface area (Å²) in [5.41, 5.74) is 0.932. The van der Waals surface area contributed by atoms with Crippen LogP contribution in [0.2, 0.25) is 0 Å². The molecule has 1 fully saturated rings. The average molecular weight is 424 g/mol. The Morgan fingerprint density at radius 1 is 1.39 bits per heavy atom. The molecule has 0 radical (unpaired) electrons. The third-order valence-corrected chi connectivity index (χ3v) is 8.48. The second-order valence-corrected chi connectivity index (χ2v) is 11.5. The van der Waals surface area contributed by atoms with Crippen LogP contribution in [0.1, 0.15) is 37.1 Å². The van der Waals surface area contributed by atoms with Crippen LogP contribution >= 0.6 is 11.3 Å². The molecule has 1 atom stereocenters. The number of carbonyl (C=O) groups excluding carboxylic acids is 1. The number of sulfone groups is 1. The van der Waals surface area contributed by atoms with E-state index in [1.807, 2.05) is 13.8 Å². The van der Waals surface area contributed by atoms with Gasteiger partial charge in [0.2, 0.25) is 5.91 Å². The van der Waals surface area contributed by atoms with Crippen LogP contribution in [0.3, 0.4) is 0 Å². The van der Waals surface area contributed by atoms with Gasteiger partial charge >= 0.3 is 0 Å². The number of aromatic nitrogens is 2. The van der Waals surface area contributed by atoms with Gasteiger partial charge in [-0.2, -0.15) is 0 Å². The first kappa shape index (κ1) is 19.6. The summed E-state index contributed by atoms with van der Waals surface area (Å²) in [6, 6.07) is -0.308. The van der Waals surface area contributed by atoms with E-state index in [1.54, 1.807) is 16.2 Å². The molecule has 2 aromatic rings. The topological polar surface area (TPSA) is 89.3 Å². The highest BCUT2D eigenvalue weighted by atomic mass is 32.2. The van der Waals surface area contributed by atoms with E-state index in [-0.39, 0.29) is 41.5 Å². The zero-order valence-corrected chi connectivity index (χ0v) is 17.8. The van der Waals surface area contributed by atoms with Crippen molar-refractivity contribution in [3.8, 4) is 0 Å². The molecule has 1 amide bonds. The summed E-state index contributed by atoms with van der Waals surface area (Å²) in [5, 5.41) is 0.659. The molecule has 9 heteroatoms. The van der Waals surface area contributed by atoms with Gasteiger partial charge in [0.1, 0.15) is 11.4 Å². The zero-order valence-electron chi connectivity index (χ0n) is 16.2. The summed E-state index contributed by atoms with van der Waals surface area (Å²) >= 11 is 1.58.